The fourth-order valence-corrected chi connectivity index (χ4v) is 3.99. The quantitative estimate of drug-likeness (QED) is 0.659. The molecule has 11 heteroatoms. The Hall–Kier alpha value is -3.47. The van der Waals surface area contributed by atoms with Crippen molar-refractivity contribution in [2.24, 2.45) is 7.05 Å². The number of hydrogen-bond donors (Lipinski definition) is 1. The van der Waals surface area contributed by atoms with Crippen LogP contribution in [0.25, 0.3) is 5.65 Å². The molecule has 11 nitrogen and oxygen atoms in total. The van der Waals surface area contributed by atoms with Gasteiger partial charge in [-0.05, 0) is 18.9 Å². The fraction of sp³-hybridized carbons (Fsp3) is 0.450. The highest BCUT2D eigenvalue weighted by Crippen LogP contribution is 2.20. The summed E-state index contributed by atoms with van der Waals surface area (Å²) >= 11 is 0. The molecule has 0 unspecified atom stereocenters. The first-order valence-corrected chi connectivity index (χ1v) is 10.4. The Balaban J connectivity index is 1.37. The van der Waals surface area contributed by atoms with Crippen LogP contribution in [0, 0.1) is 0 Å². The minimum atomic E-state index is -0.403. The number of carbonyl (C=O) groups excluding carboxylic acids is 2. The van der Waals surface area contributed by atoms with E-state index in [2.05, 4.69) is 25.4 Å². The van der Waals surface area contributed by atoms with Gasteiger partial charge < -0.3 is 19.9 Å². The molecular weight excluding hydrogens is 400 g/mol. The molecule has 2 fully saturated rings. The van der Waals surface area contributed by atoms with Crippen molar-refractivity contribution < 1.29 is 14.3 Å². The second kappa shape index (κ2) is 7.99. The van der Waals surface area contributed by atoms with Gasteiger partial charge in [0.05, 0.1) is 25.0 Å². The van der Waals surface area contributed by atoms with Crippen molar-refractivity contribution in [1.82, 2.24) is 29.3 Å². The van der Waals surface area contributed by atoms with Crippen molar-refractivity contribution in [2.75, 3.05) is 49.6 Å². The number of aryl methyl sites for hydroxylation is 1. The lowest BCUT2D eigenvalue weighted by Crippen LogP contribution is -2.41. The molecule has 0 aliphatic carbocycles. The van der Waals surface area contributed by atoms with E-state index >= 15 is 0 Å². The summed E-state index contributed by atoms with van der Waals surface area (Å²) in [5.41, 5.74) is 1.72. The monoisotopic (exact) mass is 424 g/mol. The summed E-state index contributed by atoms with van der Waals surface area (Å²) in [6.07, 6.45) is 5.50. The van der Waals surface area contributed by atoms with Gasteiger partial charge in [-0.1, -0.05) is 0 Å². The Morgan fingerprint density at radius 1 is 1.13 bits per heavy atom. The molecule has 5 heterocycles. The van der Waals surface area contributed by atoms with Crippen LogP contribution < -0.4 is 10.2 Å². The van der Waals surface area contributed by atoms with Crippen molar-refractivity contribution in [1.29, 1.82) is 0 Å². The summed E-state index contributed by atoms with van der Waals surface area (Å²) in [6, 6.07) is 3.53. The average Bonchev–Trinajstić information content (AvgIpc) is 3.52. The zero-order valence-electron chi connectivity index (χ0n) is 17.3. The zero-order valence-corrected chi connectivity index (χ0v) is 17.3. The van der Waals surface area contributed by atoms with Gasteiger partial charge in [0.25, 0.3) is 11.8 Å². The van der Waals surface area contributed by atoms with Gasteiger partial charge in [0.2, 0.25) is 5.95 Å². The second-order valence-electron chi connectivity index (χ2n) is 7.71. The standard InChI is InChI=1S/C20H24N8O3/c1-25-17(15(13-21-25)19(30)26-8-10-31-11-9-26)18(29)22-14-4-7-28-16(12-14)23-20(24-28)27-5-2-3-6-27/h4,7,12-13H,2-3,5-6,8-11H2,1H3,(H,22,29). The molecule has 3 aromatic heterocycles. The third-order valence-electron chi connectivity index (χ3n) is 5.66. The summed E-state index contributed by atoms with van der Waals surface area (Å²) in [5, 5.41) is 11.5. The number of fused-ring (bicyclic) bond motifs is 1. The molecule has 0 radical (unpaired) electrons. The largest absolute Gasteiger partial charge is 0.378 e. The molecule has 0 atom stereocenters. The molecule has 2 saturated heterocycles. The number of carbonyl (C=O) groups is 2. The van der Waals surface area contributed by atoms with Gasteiger partial charge in [-0.2, -0.15) is 10.1 Å². The number of rotatable bonds is 4. The molecule has 2 amide bonds. The molecule has 0 bridgehead atoms. The summed E-state index contributed by atoms with van der Waals surface area (Å²) in [4.78, 5) is 34.4. The number of ether oxygens (including phenoxy) is 1. The first-order valence-electron chi connectivity index (χ1n) is 10.4. The molecular formula is C20H24N8O3. The number of aromatic nitrogens is 5. The number of morpholine rings is 1. The molecule has 1 N–H and O–H groups in total. The van der Waals surface area contributed by atoms with E-state index < -0.39 is 5.91 Å². The van der Waals surface area contributed by atoms with Crippen LogP contribution in [-0.4, -0.2) is 80.5 Å². The number of nitrogens with one attached hydrogen (secondary N) is 1. The van der Waals surface area contributed by atoms with Gasteiger partial charge in [0, 0.05) is 51.2 Å². The Kier molecular flexibility index (Phi) is 5.02. The third-order valence-corrected chi connectivity index (χ3v) is 5.66. The van der Waals surface area contributed by atoms with Gasteiger partial charge in [-0.3, -0.25) is 14.3 Å². The number of pyridine rings is 1. The lowest BCUT2D eigenvalue weighted by molar-refractivity contribution is 0.0302. The SMILES string of the molecule is Cn1ncc(C(=O)N2CCOCC2)c1C(=O)Nc1ccn2nc(N3CCCC3)nc2c1. The summed E-state index contributed by atoms with van der Waals surface area (Å²) in [7, 11) is 1.65. The van der Waals surface area contributed by atoms with E-state index in [1.165, 1.54) is 10.9 Å². The van der Waals surface area contributed by atoms with E-state index in [0.29, 0.717) is 43.6 Å². The predicted octanol–water partition coefficient (Wildman–Crippen LogP) is 0.788. The molecule has 162 valence electrons. The Bertz CT molecular complexity index is 1120. The van der Waals surface area contributed by atoms with Crippen LogP contribution in [0.15, 0.2) is 24.5 Å². The fourth-order valence-electron chi connectivity index (χ4n) is 3.99. The highest BCUT2D eigenvalue weighted by Gasteiger charge is 2.27. The summed E-state index contributed by atoms with van der Waals surface area (Å²) < 4.78 is 8.42. The van der Waals surface area contributed by atoms with Gasteiger partial charge in [0.1, 0.15) is 5.69 Å². The van der Waals surface area contributed by atoms with Gasteiger partial charge in [0.15, 0.2) is 5.65 Å². The summed E-state index contributed by atoms with van der Waals surface area (Å²) in [6.45, 7) is 3.90. The van der Waals surface area contributed by atoms with Gasteiger partial charge in [-0.25, -0.2) is 4.52 Å². The molecule has 3 aromatic rings. The normalized spacial score (nSPS) is 16.8. The van der Waals surface area contributed by atoms with E-state index in [4.69, 9.17) is 4.74 Å². The van der Waals surface area contributed by atoms with E-state index in [1.807, 2.05) is 0 Å². The first kappa shape index (κ1) is 19.5. The van der Waals surface area contributed by atoms with Crippen molar-refractivity contribution in [3.8, 4) is 0 Å². The van der Waals surface area contributed by atoms with Crippen molar-refractivity contribution in [2.45, 2.75) is 12.8 Å². The number of amides is 2. The van der Waals surface area contributed by atoms with Crippen molar-refractivity contribution in [3.05, 3.63) is 35.8 Å². The van der Waals surface area contributed by atoms with E-state index in [-0.39, 0.29) is 17.2 Å². The van der Waals surface area contributed by atoms with E-state index in [1.54, 1.807) is 34.8 Å². The van der Waals surface area contributed by atoms with Crippen molar-refractivity contribution >= 4 is 29.1 Å². The molecule has 5 rings (SSSR count). The average molecular weight is 424 g/mol. The molecule has 0 spiro atoms. The number of nitrogens with zero attached hydrogens (tertiary/aromatic N) is 7. The topological polar surface area (TPSA) is 110 Å². The Morgan fingerprint density at radius 3 is 2.68 bits per heavy atom. The van der Waals surface area contributed by atoms with Crippen LogP contribution in [0.4, 0.5) is 11.6 Å². The molecule has 2 aliphatic rings. The smallest absolute Gasteiger partial charge is 0.274 e. The highest BCUT2D eigenvalue weighted by molar-refractivity contribution is 6.11. The minimum Gasteiger partial charge on any atom is -0.378 e. The Labute approximate surface area is 178 Å². The summed E-state index contributed by atoms with van der Waals surface area (Å²) in [5.74, 6) is 0.0796. The minimum absolute atomic E-state index is 0.218. The predicted molar refractivity (Wildman–Crippen MR) is 112 cm³/mol. The van der Waals surface area contributed by atoms with Crippen LogP contribution in [-0.2, 0) is 11.8 Å². The maximum atomic E-state index is 13.0. The Morgan fingerprint density at radius 2 is 1.90 bits per heavy atom. The van der Waals surface area contributed by atoms with Crippen LogP contribution >= 0.6 is 0 Å². The number of anilines is 2. The molecule has 0 aromatic carbocycles. The molecule has 31 heavy (non-hydrogen) atoms. The maximum Gasteiger partial charge on any atom is 0.274 e. The maximum absolute atomic E-state index is 13.0. The van der Waals surface area contributed by atoms with Crippen LogP contribution in [0.3, 0.4) is 0 Å². The van der Waals surface area contributed by atoms with Crippen LogP contribution in [0.2, 0.25) is 0 Å². The first-order chi connectivity index (χ1) is 15.1. The number of hydrogen-bond acceptors (Lipinski definition) is 7. The van der Waals surface area contributed by atoms with Crippen LogP contribution in [0.1, 0.15) is 33.7 Å². The van der Waals surface area contributed by atoms with Crippen LogP contribution in [0.5, 0.6) is 0 Å². The highest BCUT2D eigenvalue weighted by atomic mass is 16.5. The van der Waals surface area contributed by atoms with Gasteiger partial charge in [-0.15, -0.1) is 5.10 Å². The lowest BCUT2D eigenvalue weighted by Gasteiger charge is -2.26. The lowest BCUT2D eigenvalue weighted by atomic mass is 10.2. The van der Waals surface area contributed by atoms with E-state index in [0.717, 1.165) is 25.9 Å². The zero-order chi connectivity index (χ0) is 21.4. The molecule has 2 aliphatic heterocycles. The van der Waals surface area contributed by atoms with E-state index in [9.17, 15) is 9.59 Å². The third kappa shape index (κ3) is 3.72. The molecule has 0 saturated carbocycles. The van der Waals surface area contributed by atoms with Gasteiger partial charge >= 0.3 is 0 Å². The second-order valence-corrected chi connectivity index (χ2v) is 7.71. The van der Waals surface area contributed by atoms with Crippen molar-refractivity contribution in [3.63, 3.8) is 0 Å².